The number of hydrogen-bond donors (Lipinski definition) is 1. The molecule has 1 atom stereocenters. The van der Waals surface area contributed by atoms with E-state index in [0.717, 1.165) is 18.0 Å². The second-order valence-corrected chi connectivity index (χ2v) is 6.88. The molecular formula is C16H30N2. The first-order valence-electron chi connectivity index (χ1n) is 8.29. The van der Waals surface area contributed by atoms with Crippen molar-refractivity contribution in [3.63, 3.8) is 0 Å². The van der Waals surface area contributed by atoms with Gasteiger partial charge in [-0.2, -0.15) is 0 Å². The minimum absolute atomic E-state index is 0.530. The van der Waals surface area contributed by atoms with Gasteiger partial charge in [-0.05, 0) is 44.4 Å². The van der Waals surface area contributed by atoms with E-state index in [9.17, 15) is 0 Å². The topological polar surface area (TPSA) is 15.3 Å². The van der Waals surface area contributed by atoms with E-state index in [1.165, 1.54) is 64.5 Å². The van der Waals surface area contributed by atoms with Crippen molar-refractivity contribution in [2.24, 2.45) is 5.92 Å². The van der Waals surface area contributed by atoms with Crippen LogP contribution in [0.2, 0.25) is 0 Å². The van der Waals surface area contributed by atoms with Crippen LogP contribution in [0.3, 0.4) is 0 Å². The first-order chi connectivity index (χ1) is 8.79. The smallest absolute Gasteiger partial charge is 0.0337 e. The van der Waals surface area contributed by atoms with Crippen molar-refractivity contribution in [1.29, 1.82) is 0 Å². The Hall–Kier alpha value is -0.0800. The van der Waals surface area contributed by atoms with Crippen LogP contribution in [0.4, 0.5) is 0 Å². The number of nitrogens with zero attached hydrogens (tertiary/aromatic N) is 1. The van der Waals surface area contributed by atoms with Gasteiger partial charge in [0.25, 0.3) is 0 Å². The highest BCUT2D eigenvalue weighted by atomic mass is 15.3. The van der Waals surface area contributed by atoms with E-state index >= 15 is 0 Å². The standard InChI is InChI=1S/C16H30N2/c1-3-14(4-2)18-11-15(13-7-8-13)17-12-16(18)9-5-6-10-16/h13-15,17H,3-12H2,1-2H3. The summed E-state index contributed by atoms with van der Waals surface area (Å²) in [6.45, 7) is 7.36. The molecule has 1 heterocycles. The molecule has 2 saturated carbocycles. The molecule has 1 unspecified atom stereocenters. The highest BCUT2D eigenvalue weighted by Crippen LogP contribution is 2.42. The van der Waals surface area contributed by atoms with Gasteiger partial charge in [0.15, 0.2) is 0 Å². The molecule has 3 aliphatic rings. The summed E-state index contributed by atoms with van der Waals surface area (Å²) in [4.78, 5) is 2.94. The van der Waals surface area contributed by atoms with Gasteiger partial charge < -0.3 is 5.32 Å². The molecule has 2 heteroatoms. The van der Waals surface area contributed by atoms with Crippen molar-refractivity contribution in [2.75, 3.05) is 13.1 Å². The average molecular weight is 250 g/mol. The molecule has 0 aromatic rings. The normalized spacial score (nSPS) is 32.5. The predicted octanol–water partition coefficient (Wildman–Crippen LogP) is 3.17. The highest BCUT2D eigenvalue weighted by molar-refractivity contribution is 5.05. The Kier molecular flexibility index (Phi) is 3.68. The molecule has 3 rings (SSSR count). The molecule has 18 heavy (non-hydrogen) atoms. The number of hydrogen-bond acceptors (Lipinski definition) is 2. The summed E-state index contributed by atoms with van der Waals surface area (Å²) in [5.41, 5.74) is 0.530. The van der Waals surface area contributed by atoms with Gasteiger partial charge in [0.05, 0.1) is 0 Å². The van der Waals surface area contributed by atoms with Crippen LogP contribution in [-0.4, -0.2) is 35.6 Å². The van der Waals surface area contributed by atoms with E-state index in [4.69, 9.17) is 0 Å². The largest absolute Gasteiger partial charge is 0.311 e. The molecule has 0 radical (unpaired) electrons. The molecule has 2 nitrogen and oxygen atoms in total. The zero-order chi connectivity index (χ0) is 12.6. The minimum Gasteiger partial charge on any atom is -0.311 e. The Labute approximate surface area is 113 Å². The van der Waals surface area contributed by atoms with Gasteiger partial charge in [-0.1, -0.05) is 26.7 Å². The van der Waals surface area contributed by atoms with E-state index in [2.05, 4.69) is 24.1 Å². The Morgan fingerprint density at radius 2 is 1.83 bits per heavy atom. The summed E-state index contributed by atoms with van der Waals surface area (Å²) in [5.74, 6) is 1.00. The van der Waals surface area contributed by atoms with Crippen LogP contribution in [0.15, 0.2) is 0 Å². The molecule has 1 saturated heterocycles. The third kappa shape index (κ3) is 2.22. The summed E-state index contributed by atoms with van der Waals surface area (Å²) in [5, 5.41) is 3.91. The van der Waals surface area contributed by atoms with Crippen molar-refractivity contribution in [3.8, 4) is 0 Å². The molecule has 1 spiro atoms. The van der Waals surface area contributed by atoms with Gasteiger partial charge in [0, 0.05) is 30.7 Å². The van der Waals surface area contributed by atoms with E-state index < -0.39 is 0 Å². The van der Waals surface area contributed by atoms with Crippen LogP contribution in [0.5, 0.6) is 0 Å². The molecule has 1 N–H and O–H groups in total. The van der Waals surface area contributed by atoms with E-state index in [-0.39, 0.29) is 0 Å². The molecule has 1 aliphatic heterocycles. The Morgan fingerprint density at radius 1 is 1.17 bits per heavy atom. The Bertz CT molecular complexity index is 275. The quantitative estimate of drug-likeness (QED) is 0.824. The summed E-state index contributed by atoms with van der Waals surface area (Å²) < 4.78 is 0. The maximum Gasteiger partial charge on any atom is 0.0337 e. The second kappa shape index (κ2) is 5.13. The lowest BCUT2D eigenvalue weighted by Gasteiger charge is -2.52. The maximum absolute atomic E-state index is 3.91. The fourth-order valence-corrected chi connectivity index (χ4v) is 4.47. The van der Waals surface area contributed by atoms with Crippen molar-refractivity contribution in [1.82, 2.24) is 10.2 Å². The van der Waals surface area contributed by atoms with E-state index in [1.54, 1.807) is 0 Å². The SMILES string of the molecule is CCC(CC)N1CC(C2CC2)NCC12CCCC2. The number of piperazine rings is 1. The lowest BCUT2D eigenvalue weighted by atomic mass is 9.87. The maximum atomic E-state index is 3.91. The average Bonchev–Trinajstić information content (AvgIpc) is 3.14. The molecule has 104 valence electrons. The summed E-state index contributed by atoms with van der Waals surface area (Å²) in [7, 11) is 0. The van der Waals surface area contributed by atoms with Crippen LogP contribution in [0.25, 0.3) is 0 Å². The second-order valence-electron chi connectivity index (χ2n) is 6.88. The molecule has 0 aromatic heterocycles. The monoisotopic (exact) mass is 250 g/mol. The van der Waals surface area contributed by atoms with Crippen molar-refractivity contribution >= 4 is 0 Å². The van der Waals surface area contributed by atoms with Crippen molar-refractivity contribution in [2.45, 2.75) is 82.8 Å². The van der Waals surface area contributed by atoms with Gasteiger partial charge in [0.2, 0.25) is 0 Å². The zero-order valence-electron chi connectivity index (χ0n) is 12.3. The Morgan fingerprint density at radius 3 is 2.39 bits per heavy atom. The molecule has 2 aliphatic carbocycles. The fraction of sp³-hybridized carbons (Fsp3) is 1.00. The number of rotatable bonds is 4. The van der Waals surface area contributed by atoms with E-state index in [0.29, 0.717) is 5.54 Å². The van der Waals surface area contributed by atoms with Gasteiger partial charge in [-0.15, -0.1) is 0 Å². The molecule has 0 bridgehead atoms. The lowest BCUT2D eigenvalue weighted by molar-refractivity contribution is -0.00173. The predicted molar refractivity (Wildman–Crippen MR) is 76.8 cm³/mol. The molecular weight excluding hydrogens is 220 g/mol. The third-order valence-corrected chi connectivity index (χ3v) is 5.80. The lowest BCUT2D eigenvalue weighted by Crippen LogP contribution is -2.66. The van der Waals surface area contributed by atoms with Gasteiger partial charge in [0.1, 0.15) is 0 Å². The van der Waals surface area contributed by atoms with Crippen LogP contribution in [0, 0.1) is 5.92 Å². The van der Waals surface area contributed by atoms with Gasteiger partial charge in [-0.25, -0.2) is 0 Å². The molecule has 3 fully saturated rings. The van der Waals surface area contributed by atoms with Crippen LogP contribution >= 0.6 is 0 Å². The van der Waals surface area contributed by atoms with Crippen molar-refractivity contribution in [3.05, 3.63) is 0 Å². The summed E-state index contributed by atoms with van der Waals surface area (Å²) >= 11 is 0. The first-order valence-corrected chi connectivity index (χ1v) is 8.29. The van der Waals surface area contributed by atoms with Crippen LogP contribution < -0.4 is 5.32 Å². The van der Waals surface area contributed by atoms with Crippen LogP contribution in [0.1, 0.15) is 65.2 Å². The third-order valence-electron chi connectivity index (χ3n) is 5.80. The summed E-state index contributed by atoms with van der Waals surface area (Å²) in [6.07, 6.45) is 11.4. The zero-order valence-corrected chi connectivity index (χ0v) is 12.3. The first kappa shape index (κ1) is 12.9. The minimum atomic E-state index is 0.530. The Balaban J connectivity index is 1.76. The van der Waals surface area contributed by atoms with Gasteiger partial charge in [-0.3, -0.25) is 4.90 Å². The fourth-order valence-electron chi connectivity index (χ4n) is 4.47. The molecule has 0 amide bonds. The van der Waals surface area contributed by atoms with Crippen molar-refractivity contribution < 1.29 is 0 Å². The van der Waals surface area contributed by atoms with E-state index in [1.807, 2.05) is 0 Å². The number of nitrogens with one attached hydrogen (secondary N) is 1. The molecule has 0 aromatic carbocycles. The summed E-state index contributed by atoms with van der Waals surface area (Å²) in [6, 6.07) is 1.63. The van der Waals surface area contributed by atoms with Crippen LogP contribution in [-0.2, 0) is 0 Å². The highest BCUT2D eigenvalue weighted by Gasteiger charge is 2.47. The van der Waals surface area contributed by atoms with Gasteiger partial charge >= 0.3 is 0 Å².